The number of carbonyl (C=O) groups is 2. The van der Waals surface area contributed by atoms with Gasteiger partial charge >= 0.3 is 0 Å². The summed E-state index contributed by atoms with van der Waals surface area (Å²) in [6.45, 7) is -0.152. The van der Waals surface area contributed by atoms with E-state index in [1.54, 1.807) is 12.1 Å². The standard InChI is InChI=1S/C8H9N3O2/c9-7(12)5-11-8(13)6-1-3-10-4-2-6/h1-4H,5H2,(H2,9,12)(H,11,13). The van der Waals surface area contributed by atoms with Crippen LogP contribution in [-0.2, 0) is 4.79 Å². The van der Waals surface area contributed by atoms with Crippen LogP contribution in [0.2, 0.25) is 0 Å². The summed E-state index contributed by atoms with van der Waals surface area (Å²) >= 11 is 0. The van der Waals surface area contributed by atoms with E-state index in [0.29, 0.717) is 5.56 Å². The van der Waals surface area contributed by atoms with Gasteiger partial charge in [-0.3, -0.25) is 14.6 Å². The molecule has 68 valence electrons. The van der Waals surface area contributed by atoms with E-state index in [-0.39, 0.29) is 12.5 Å². The molecule has 0 saturated carbocycles. The van der Waals surface area contributed by atoms with Gasteiger partial charge in [-0.1, -0.05) is 0 Å². The van der Waals surface area contributed by atoms with Crippen LogP contribution in [0.15, 0.2) is 24.5 Å². The summed E-state index contributed by atoms with van der Waals surface area (Å²) < 4.78 is 0. The number of amides is 2. The van der Waals surface area contributed by atoms with Crippen LogP contribution in [0, 0.1) is 0 Å². The van der Waals surface area contributed by atoms with Crippen LogP contribution < -0.4 is 11.1 Å². The van der Waals surface area contributed by atoms with Crippen molar-refractivity contribution in [2.24, 2.45) is 5.73 Å². The van der Waals surface area contributed by atoms with Crippen LogP contribution in [0.1, 0.15) is 10.4 Å². The lowest BCUT2D eigenvalue weighted by molar-refractivity contribution is -0.117. The summed E-state index contributed by atoms with van der Waals surface area (Å²) in [5, 5.41) is 2.36. The largest absolute Gasteiger partial charge is 0.368 e. The highest BCUT2D eigenvalue weighted by molar-refractivity contribution is 5.96. The number of nitrogens with two attached hydrogens (primary N) is 1. The van der Waals surface area contributed by atoms with Crippen LogP contribution in [-0.4, -0.2) is 23.3 Å². The van der Waals surface area contributed by atoms with Crippen molar-refractivity contribution in [2.45, 2.75) is 0 Å². The summed E-state index contributed by atoms with van der Waals surface area (Å²) in [4.78, 5) is 25.3. The Hall–Kier alpha value is -1.91. The second-order valence-corrected chi connectivity index (χ2v) is 2.38. The van der Waals surface area contributed by atoms with Crippen LogP contribution in [0.3, 0.4) is 0 Å². The maximum absolute atomic E-state index is 11.2. The molecule has 0 aromatic carbocycles. The van der Waals surface area contributed by atoms with E-state index < -0.39 is 5.91 Å². The predicted octanol–water partition coefficient (Wildman–Crippen LogP) is -0.703. The first-order valence-corrected chi connectivity index (χ1v) is 3.66. The second kappa shape index (κ2) is 4.20. The molecule has 0 saturated heterocycles. The molecule has 0 spiro atoms. The molecule has 5 heteroatoms. The van der Waals surface area contributed by atoms with Crippen LogP contribution in [0.4, 0.5) is 0 Å². The van der Waals surface area contributed by atoms with Gasteiger partial charge in [-0.2, -0.15) is 0 Å². The zero-order valence-corrected chi connectivity index (χ0v) is 6.86. The van der Waals surface area contributed by atoms with Gasteiger partial charge in [0, 0.05) is 18.0 Å². The third-order valence-corrected chi connectivity index (χ3v) is 1.37. The van der Waals surface area contributed by atoms with Crippen molar-refractivity contribution in [2.75, 3.05) is 6.54 Å². The van der Waals surface area contributed by atoms with Crippen molar-refractivity contribution in [3.05, 3.63) is 30.1 Å². The Morgan fingerprint density at radius 2 is 2.00 bits per heavy atom. The number of rotatable bonds is 3. The molecule has 1 aromatic heterocycles. The number of hydrogen-bond donors (Lipinski definition) is 2. The smallest absolute Gasteiger partial charge is 0.251 e. The molecule has 0 radical (unpaired) electrons. The molecular weight excluding hydrogens is 170 g/mol. The van der Waals surface area contributed by atoms with E-state index in [1.807, 2.05) is 0 Å². The van der Waals surface area contributed by atoms with Gasteiger partial charge in [0.1, 0.15) is 0 Å². The zero-order chi connectivity index (χ0) is 9.68. The third-order valence-electron chi connectivity index (χ3n) is 1.37. The van der Waals surface area contributed by atoms with E-state index in [1.165, 1.54) is 12.4 Å². The van der Waals surface area contributed by atoms with E-state index in [2.05, 4.69) is 10.3 Å². The summed E-state index contributed by atoms with van der Waals surface area (Å²) in [6.07, 6.45) is 3.00. The molecule has 0 aliphatic heterocycles. The number of pyridine rings is 1. The molecule has 1 rings (SSSR count). The average Bonchev–Trinajstić information content (AvgIpc) is 2.15. The fraction of sp³-hybridized carbons (Fsp3) is 0.125. The SMILES string of the molecule is NC(=O)CNC(=O)c1ccncc1. The summed E-state index contributed by atoms with van der Waals surface area (Å²) in [5.41, 5.74) is 5.31. The van der Waals surface area contributed by atoms with Crippen molar-refractivity contribution < 1.29 is 9.59 Å². The van der Waals surface area contributed by atoms with Gasteiger partial charge in [-0.15, -0.1) is 0 Å². The van der Waals surface area contributed by atoms with Crippen LogP contribution in [0.5, 0.6) is 0 Å². The molecule has 0 aliphatic carbocycles. The molecule has 13 heavy (non-hydrogen) atoms. The van der Waals surface area contributed by atoms with Crippen molar-refractivity contribution >= 4 is 11.8 Å². The Balaban J connectivity index is 2.54. The van der Waals surface area contributed by atoms with Gasteiger partial charge in [-0.05, 0) is 12.1 Å². The summed E-state index contributed by atoms with van der Waals surface area (Å²) in [5.74, 6) is -0.899. The lowest BCUT2D eigenvalue weighted by Crippen LogP contribution is -2.33. The molecule has 0 aliphatic rings. The average molecular weight is 179 g/mol. The topological polar surface area (TPSA) is 85.1 Å². The van der Waals surface area contributed by atoms with E-state index in [4.69, 9.17) is 5.73 Å². The van der Waals surface area contributed by atoms with Gasteiger partial charge in [0.05, 0.1) is 6.54 Å². The molecular formula is C8H9N3O2. The molecule has 3 N–H and O–H groups in total. The number of hydrogen-bond acceptors (Lipinski definition) is 3. The van der Waals surface area contributed by atoms with Gasteiger partial charge in [0.25, 0.3) is 5.91 Å². The van der Waals surface area contributed by atoms with E-state index >= 15 is 0 Å². The van der Waals surface area contributed by atoms with Crippen LogP contribution in [0.25, 0.3) is 0 Å². The number of nitrogens with zero attached hydrogens (tertiary/aromatic N) is 1. The van der Waals surface area contributed by atoms with Crippen LogP contribution >= 0.6 is 0 Å². The van der Waals surface area contributed by atoms with Crippen molar-refractivity contribution in [1.82, 2.24) is 10.3 Å². The first-order chi connectivity index (χ1) is 6.20. The minimum atomic E-state index is -0.567. The lowest BCUT2D eigenvalue weighted by Gasteiger charge is -2.00. The fourth-order valence-electron chi connectivity index (χ4n) is 0.773. The molecule has 5 nitrogen and oxygen atoms in total. The molecule has 1 aromatic rings. The Kier molecular flexibility index (Phi) is 2.97. The Labute approximate surface area is 75.0 Å². The molecule has 0 atom stereocenters. The zero-order valence-electron chi connectivity index (χ0n) is 6.86. The highest BCUT2D eigenvalue weighted by Crippen LogP contribution is 1.94. The maximum Gasteiger partial charge on any atom is 0.251 e. The highest BCUT2D eigenvalue weighted by Gasteiger charge is 2.04. The number of carbonyl (C=O) groups excluding carboxylic acids is 2. The van der Waals surface area contributed by atoms with Crippen molar-refractivity contribution in [1.29, 1.82) is 0 Å². The monoisotopic (exact) mass is 179 g/mol. The van der Waals surface area contributed by atoms with Crippen molar-refractivity contribution in [3.8, 4) is 0 Å². The minimum Gasteiger partial charge on any atom is -0.368 e. The predicted molar refractivity (Wildman–Crippen MR) is 45.8 cm³/mol. The number of primary amides is 1. The van der Waals surface area contributed by atoms with Gasteiger partial charge in [-0.25, -0.2) is 0 Å². The quantitative estimate of drug-likeness (QED) is 0.643. The number of aromatic nitrogens is 1. The normalized spacial score (nSPS) is 9.23. The Bertz CT molecular complexity index is 310. The van der Waals surface area contributed by atoms with Crippen molar-refractivity contribution in [3.63, 3.8) is 0 Å². The summed E-state index contributed by atoms with van der Waals surface area (Å²) in [6, 6.07) is 3.10. The van der Waals surface area contributed by atoms with Gasteiger partial charge in [0.15, 0.2) is 0 Å². The molecule has 2 amide bonds. The van der Waals surface area contributed by atoms with E-state index in [9.17, 15) is 9.59 Å². The van der Waals surface area contributed by atoms with Gasteiger partial charge < -0.3 is 11.1 Å². The maximum atomic E-state index is 11.2. The molecule has 0 fully saturated rings. The first-order valence-electron chi connectivity index (χ1n) is 3.66. The van der Waals surface area contributed by atoms with E-state index in [0.717, 1.165) is 0 Å². The number of nitrogens with one attached hydrogen (secondary N) is 1. The lowest BCUT2D eigenvalue weighted by atomic mass is 10.2. The molecule has 1 heterocycles. The second-order valence-electron chi connectivity index (χ2n) is 2.38. The fourth-order valence-corrected chi connectivity index (χ4v) is 0.773. The first kappa shape index (κ1) is 9.18. The third kappa shape index (κ3) is 2.90. The van der Waals surface area contributed by atoms with Gasteiger partial charge in [0.2, 0.25) is 5.91 Å². The Morgan fingerprint density at radius 1 is 1.38 bits per heavy atom. The summed E-state index contributed by atoms with van der Waals surface area (Å²) in [7, 11) is 0. The highest BCUT2D eigenvalue weighted by atomic mass is 16.2. The minimum absolute atomic E-state index is 0.152. The molecule has 0 unspecified atom stereocenters. The molecule has 0 bridgehead atoms. The Morgan fingerprint density at radius 3 is 2.54 bits per heavy atom.